The lowest BCUT2D eigenvalue weighted by molar-refractivity contribution is 0.324. The number of benzene rings is 3. The molecule has 0 N–H and O–H groups in total. The molecular formula is C23H21BrN2O3. The lowest BCUT2D eigenvalue weighted by atomic mass is 10.1. The van der Waals surface area contributed by atoms with Crippen molar-refractivity contribution >= 4 is 27.0 Å². The molecule has 1 heterocycles. The van der Waals surface area contributed by atoms with Crippen molar-refractivity contribution in [3.8, 4) is 28.6 Å². The summed E-state index contributed by atoms with van der Waals surface area (Å²) in [5.41, 5.74) is 4.06. The van der Waals surface area contributed by atoms with Gasteiger partial charge in [0.25, 0.3) is 0 Å². The molecule has 0 radical (unpaired) electrons. The van der Waals surface area contributed by atoms with Gasteiger partial charge < -0.3 is 18.8 Å². The number of methoxy groups -OCH3 is 3. The molecule has 0 unspecified atom stereocenters. The number of hydrogen-bond acceptors (Lipinski definition) is 4. The Morgan fingerprint density at radius 2 is 1.52 bits per heavy atom. The van der Waals surface area contributed by atoms with E-state index in [4.69, 9.17) is 19.2 Å². The number of nitrogens with zero attached hydrogens (tertiary/aromatic N) is 2. The van der Waals surface area contributed by atoms with Gasteiger partial charge in [-0.1, -0.05) is 46.3 Å². The number of para-hydroxylation sites is 2. The number of imidazole rings is 1. The van der Waals surface area contributed by atoms with Crippen molar-refractivity contribution in [2.45, 2.75) is 6.54 Å². The third-order valence-corrected chi connectivity index (χ3v) is 5.64. The summed E-state index contributed by atoms with van der Waals surface area (Å²) < 4.78 is 19.8. The summed E-state index contributed by atoms with van der Waals surface area (Å²) in [6, 6.07) is 20.2. The number of ether oxygens (including phenoxy) is 3. The molecule has 5 nitrogen and oxygen atoms in total. The van der Waals surface area contributed by atoms with Crippen LogP contribution in [0.5, 0.6) is 17.2 Å². The van der Waals surface area contributed by atoms with Crippen molar-refractivity contribution in [2.24, 2.45) is 0 Å². The highest BCUT2D eigenvalue weighted by molar-refractivity contribution is 9.10. The van der Waals surface area contributed by atoms with Crippen molar-refractivity contribution < 1.29 is 14.2 Å². The van der Waals surface area contributed by atoms with Gasteiger partial charge in [0.1, 0.15) is 5.82 Å². The predicted octanol–water partition coefficient (Wildman–Crippen LogP) is 5.54. The maximum absolute atomic E-state index is 5.54. The minimum absolute atomic E-state index is 0.562. The van der Waals surface area contributed by atoms with Crippen molar-refractivity contribution in [1.82, 2.24) is 9.55 Å². The summed E-state index contributed by atoms with van der Waals surface area (Å²) in [7, 11) is 4.83. The molecule has 6 heteroatoms. The number of halogens is 1. The number of rotatable bonds is 6. The number of fused-ring (bicyclic) bond motifs is 1. The zero-order valence-corrected chi connectivity index (χ0v) is 18.1. The van der Waals surface area contributed by atoms with Crippen LogP contribution in [0.1, 0.15) is 5.56 Å². The first-order valence-electron chi connectivity index (χ1n) is 9.15. The monoisotopic (exact) mass is 452 g/mol. The van der Waals surface area contributed by atoms with Crippen LogP contribution in [-0.2, 0) is 6.54 Å². The van der Waals surface area contributed by atoms with Gasteiger partial charge in [-0.15, -0.1) is 0 Å². The van der Waals surface area contributed by atoms with E-state index in [1.807, 2.05) is 48.5 Å². The fourth-order valence-electron chi connectivity index (χ4n) is 3.46. The van der Waals surface area contributed by atoms with Crippen LogP contribution in [0.4, 0.5) is 0 Å². The van der Waals surface area contributed by atoms with Crippen molar-refractivity contribution in [2.75, 3.05) is 21.3 Å². The molecular weight excluding hydrogens is 432 g/mol. The molecule has 0 saturated heterocycles. The Hall–Kier alpha value is -2.99. The van der Waals surface area contributed by atoms with Gasteiger partial charge in [0.15, 0.2) is 11.5 Å². The first-order valence-corrected chi connectivity index (χ1v) is 9.94. The van der Waals surface area contributed by atoms with E-state index in [9.17, 15) is 0 Å². The van der Waals surface area contributed by atoms with Crippen LogP contribution in [0, 0.1) is 0 Å². The SMILES string of the molecule is COc1cc(-c2nc3ccccc3n2Cc2ccccc2Br)cc(OC)c1OC. The third-order valence-electron chi connectivity index (χ3n) is 4.86. The molecule has 29 heavy (non-hydrogen) atoms. The van der Waals surface area contributed by atoms with E-state index >= 15 is 0 Å². The molecule has 0 amide bonds. The fourth-order valence-corrected chi connectivity index (χ4v) is 3.87. The van der Waals surface area contributed by atoms with Crippen LogP contribution in [0.2, 0.25) is 0 Å². The second-order valence-electron chi connectivity index (χ2n) is 6.52. The largest absolute Gasteiger partial charge is 0.493 e. The summed E-state index contributed by atoms with van der Waals surface area (Å²) in [6.45, 7) is 0.675. The predicted molar refractivity (Wildman–Crippen MR) is 118 cm³/mol. The molecule has 1 aromatic heterocycles. The highest BCUT2D eigenvalue weighted by Gasteiger charge is 2.19. The van der Waals surface area contributed by atoms with Gasteiger partial charge in [-0.3, -0.25) is 0 Å². The summed E-state index contributed by atoms with van der Waals surface area (Å²) >= 11 is 3.66. The van der Waals surface area contributed by atoms with Crippen molar-refractivity contribution in [3.05, 3.63) is 70.7 Å². The van der Waals surface area contributed by atoms with Crippen LogP contribution < -0.4 is 14.2 Å². The first-order chi connectivity index (χ1) is 14.2. The molecule has 148 valence electrons. The van der Waals surface area contributed by atoms with Gasteiger partial charge in [0, 0.05) is 10.0 Å². The first kappa shape index (κ1) is 19.3. The highest BCUT2D eigenvalue weighted by atomic mass is 79.9. The average Bonchev–Trinajstić information content (AvgIpc) is 3.12. The van der Waals surface area contributed by atoms with E-state index < -0.39 is 0 Å². The summed E-state index contributed by atoms with van der Waals surface area (Å²) in [4.78, 5) is 4.91. The van der Waals surface area contributed by atoms with Gasteiger partial charge in [0.05, 0.1) is 38.9 Å². The van der Waals surface area contributed by atoms with Gasteiger partial charge in [-0.2, -0.15) is 0 Å². The van der Waals surface area contributed by atoms with E-state index in [1.165, 1.54) is 5.56 Å². The quantitative estimate of drug-likeness (QED) is 0.385. The maximum Gasteiger partial charge on any atom is 0.203 e. The third kappa shape index (κ3) is 3.56. The summed E-state index contributed by atoms with van der Waals surface area (Å²) in [5, 5.41) is 0. The normalized spacial score (nSPS) is 10.9. The minimum Gasteiger partial charge on any atom is -0.493 e. The molecule has 4 aromatic rings. The molecule has 0 fully saturated rings. The second kappa shape index (κ2) is 8.17. The Morgan fingerprint density at radius 3 is 2.17 bits per heavy atom. The van der Waals surface area contributed by atoms with Crippen LogP contribution in [-0.4, -0.2) is 30.9 Å². The Labute approximate surface area is 178 Å². The highest BCUT2D eigenvalue weighted by Crippen LogP contribution is 2.41. The van der Waals surface area contributed by atoms with E-state index in [0.29, 0.717) is 23.8 Å². The van der Waals surface area contributed by atoms with Crippen molar-refractivity contribution in [3.63, 3.8) is 0 Å². The van der Waals surface area contributed by atoms with Gasteiger partial charge >= 0.3 is 0 Å². The van der Waals surface area contributed by atoms with Gasteiger partial charge in [-0.05, 0) is 35.9 Å². The Morgan fingerprint density at radius 1 is 0.862 bits per heavy atom. The molecule has 0 spiro atoms. The van der Waals surface area contributed by atoms with E-state index in [0.717, 1.165) is 26.9 Å². The van der Waals surface area contributed by atoms with E-state index in [2.05, 4.69) is 32.6 Å². The molecule has 0 atom stereocenters. The minimum atomic E-state index is 0.562. The van der Waals surface area contributed by atoms with Gasteiger partial charge in [-0.25, -0.2) is 4.98 Å². The molecule has 0 saturated carbocycles. The zero-order valence-electron chi connectivity index (χ0n) is 16.5. The molecule has 0 aliphatic carbocycles. The van der Waals surface area contributed by atoms with Crippen LogP contribution in [0.25, 0.3) is 22.4 Å². The summed E-state index contributed by atoms with van der Waals surface area (Å²) in [6.07, 6.45) is 0. The number of hydrogen-bond donors (Lipinski definition) is 0. The average molecular weight is 453 g/mol. The Bertz CT molecular complexity index is 1140. The van der Waals surface area contributed by atoms with Gasteiger partial charge in [0.2, 0.25) is 5.75 Å². The van der Waals surface area contributed by atoms with E-state index in [-0.39, 0.29) is 0 Å². The lowest BCUT2D eigenvalue weighted by Crippen LogP contribution is -2.04. The molecule has 0 aliphatic rings. The molecule has 0 aliphatic heterocycles. The summed E-state index contributed by atoms with van der Waals surface area (Å²) in [5.74, 6) is 2.59. The fraction of sp³-hybridized carbons (Fsp3) is 0.174. The Balaban J connectivity index is 1.94. The maximum atomic E-state index is 5.54. The second-order valence-corrected chi connectivity index (χ2v) is 7.37. The number of aromatic nitrogens is 2. The Kier molecular flexibility index (Phi) is 5.45. The lowest BCUT2D eigenvalue weighted by Gasteiger charge is -2.15. The van der Waals surface area contributed by atoms with Crippen molar-refractivity contribution in [1.29, 1.82) is 0 Å². The topological polar surface area (TPSA) is 45.5 Å². The molecule has 4 rings (SSSR count). The van der Waals surface area contributed by atoms with Crippen LogP contribution in [0.3, 0.4) is 0 Å². The standard InChI is InChI=1S/C23H21BrN2O3/c1-27-20-12-16(13-21(28-2)22(20)29-3)23-25-18-10-6-7-11-19(18)26(23)14-15-8-4-5-9-17(15)24/h4-13H,14H2,1-3H3. The molecule has 3 aromatic carbocycles. The molecule has 0 bridgehead atoms. The van der Waals surface area contributed by atoms with E-state index in [1.54, 1.807) is 21.3 Å². The van der Waals surface area contributed by atoms with Crippen LogP contribution in [0.15, 0.2) is 65.1 Å². The zero-order chi connectivity index (χ0) is 20.4. The van der Waals surface area contributed by atoms with Crippen LogP contribution >= 0.6 is 15.9 Å². The smallest absolute Gasteiger partial charge is 0.203 e.